The first-order valence-corrected chi connectivity index (χ1v) is 7.06. The molecule has 1 aromatic rings. The van der Waals surface area contributed by atoms with Crippen molar-refractivity contribution in [2.45, 2.75) is 39.2 Å². The molecule has 1 aliphatic heterocycles. The van der Waals surface area contributed by atoms with Crippen LogP contribution in [-0.4, -0.2) is 19.0 Å². The highest BCUT2D eigenvalue weighted by Gasteiger charge is 2.27. The SMILES string of the molecule is COC(=O)CC(C)(C)CC(N)c1ccc2c(c1)CC(=O)N2. The minimum absolute atomic E-state index is 0.0155. The Balaban J connectivity index is 2.07. The summed E-state index contributed by atoms with van der Waals surface area (Å²) in [7, 11) is 1.39. The van der Waals surface area contributed by atoms with Gasteiger partial charge in [-0.15, -0.1) is 0 Å². The van der Waals surface area contributed by atoms with E-state index >= 15 is 0 Å². The van der Waals surface area contributed by atoms with Gasteiger partial charge in [-0.05, 0) is 29.0 Å². The Morgan fingerprint density at radius 1 is 1.48 bits per heavy atom. The van der Waals surface area contributed by atoms with E-state index in [1.807, 2.05) is 32.0 Å². The summed E-state index contributed by atoms with van der Waals surface area (Å²) in [4.78, 5) is 22.8. The molecule has 0 bridgehead atoms. The van der Waals surface area contributed by atoms with Gasteiger partial charge in [0, 0.05) is 11.7 Å². The molecule has 1 aliphatic rings. The molecule has 1 aromatic carbocycles. The molecular weight excluding hydrogens is 268 g/mol. The number of benzene rings is 1. The van der Waals surface area contributed by atoms with Crippen LogP contribution in [0.15, 0.2) is 18.2 Å². The number of rotatable bonds is 5. The van der Waals surface area contributed by atoms with Crippen LogP contribution in [0.2, 0.25) is 0 Å². The van der Waals surface area contributed by atoms with Crippen molar-refractivity contribution in [1.29, 1.82) is 0 Å². The lowest BCUT2D eigenvalue weighted by Gasteiger charge is -2.27. The zero-order chi connectivity index (χ0) is 15.6. The number of ether oxygens (including phenoxy) is 1. The van der Waals surface area contributed by atoms with E-state index in [9.17, 15) is 9.59 Å². The van der Waals surface area contributed by atoms with Crippen molar-refractivity contribution in [1.82, 2.24) is 0 Å². The summed E-state index contributed by atoms with van der Waals surface area (Å²) >= 11 is 0. The quantitative estimate of drug-likeness (QED) is 0.814. The molecule has 0 spiro atoms. The average Bonchev–Trinajstić information content (AvgIpc) is 2.76. The molecule has 3 N–H and O–H groups in total. The fourth-order valence-corrected chi connectivity index (χ4v) is 2.73. The van der Waals surface area contributed by atoms with Crippen LogP contribution >= 0.6 is 0 Å². The molecule has 0 saturated carbocycles. The van der Waals surface area contributed by atoms with E-state index in [1.54, 1.807) is 0 Å². The Morgan fingerprint density at radius 2 is 2.19 bits per heavy atom. The number of carbonyl (C=O) groups excluding carboxylic acids is 2. The second kappa shape index (κ2) is 5.85. The Hall–Kier alpha value is -1.88. The Labute approximate surface area is 124 Å². The zero-order valence-electron chi connectivity index (χ0n) is 12.7. The molecule has 0 fully saturated rings. The number of hydrogen-bond acceptors (Lipinski definition) is 4. The van der Waals surface area contributed by atoms with Crippen LogP contribution in [-0.2, 0) is 20.7 Å². The summed E-state index contributed by atoms with van der Waals surface area (Å²) in [6, 6.07) is 5.63. The van der Waals surface area contributed by atoms with Crippen LogP contribution in [0.4, 0.5) is 5.69 Å². The van der Waals surface area contributed by atoms with E-state index in [0.717, 1.165) is 16.8 Å². The molecule has 21 heavy (non-hydrogen) atoms. The summed E-state index contributed by atoms with van der Waals surface area (Å²) < 4.78 is 4.72. The lowest BCUT2D eigenvalue weighted by atomic mass is 9.81. The molecule has 1 atom stereocenters. The molecule has 1 amide bonds. The number of carbonyl (C=O) groups is 2. The molecule has 114 valence electrons. The first-order chi connectivity index (χ1) is 9.80. The molecule has 1 heterocycles. The van der Waals surface area contributed by atoms with Crippen LogP contribution in [0.3, 0.4) is 0 Å². The van der Waals surface area contributed by atoms with Gasteiger partial charge in [0.1, 0.15) is 0 Å². The standard InChI is InChI=1S/C16H22N2O3/c1-16(2,9-15(20)21-3)8-12(17)10-4-5-13-11(6-10)7-14(19)18-13/h4-6,12H,7-9,17H2,1-3H3,(H,18,19). The highest BCUT2D eigenvalue weighted by molar-refractivity contribution is 5.99. The van der Waals surface area contributed by atoms with Crippen molar-refractivity contribution in [3.8, 4) is 0 Å². The Kier molecular flexibility index (Phi) is 4.32. The topological polar surface area (TPSA) is 81.4 Å². The maximum atomic E-state index is 11.4. The molecular formula is C16H22N2O3. The van der Waals surface area contributed by atoms with Crippen LogP contribution < -0.4 is 11.1 Å². The summed E-state index contributed by atoms with van der Waals surface area (Å²) in [5, 5.41) is 2.80. The fourth-order valence-electron chi connectivity index (χ4n) is 2.73. The van der Waals surface area contributed by atoms with Gasteiger partial charge in [0.15, 0.2) is 0 Å². The molecule has 5 heteroatoms. The molecule has 0 aromatic heterocycles. The lowest BCUT2D eigenvalue weighted by Crippen LogP contribution is -2.24. The first kappa shape index (κ1) is 15.5. The third-order valence-electron chi connectivity index (χ3n) is 3.81. The predicted octanol–water partition coefficient (Wildman–Crippen LogP) is 2.16. The number of nitrogens with one attached hydrogen (secondary N) is 1. The number of methoxy groups -OCH3 is 1. The van der Waals surface area contributed by atoms with Crippen LogP contribution in [0, 0.1) is 5.41 Å². The minimum Gasteiger partial charge on any atom is -0.469 e. The Morgan fingerprint density at radius 3 is 2.86 bits per heavy atom. The smallest absolute Gasteiger partial charge is 0.306 e. The molecule has 0 radical (unpaired) electrons. The monoisotopic (exact) mass is 290 g/mol. The number of amides is 1. The van der Waals surface area contributed by atoms with Crippen LogP contribution in [0.5, 0.6) is 0 Å². The lowest BCUT2D eigenvalue weighted by molar-refractivity contribution is -0.143. The maximum absolute atomic E-state index is 11.4. The highest BCUT2D eigenvalue weighted by atomic mass is 16.5. The van der Waals surface area contributed by atoms with Crippen molar-refractivity contribution < 1.29 is 14.3 Å². The number of anilines is 1. The van der Waals surface area contributed by atoms with Gasteiger partial charge in [0.05, 0.1) is 20.0 Å². The van der Waals surface area contributed by atoms with Crippen molar-refractivity contribution >= 4 is 17.6 Å². The second-order valence-corrected chi connectivity index (χ2v) is 6.37. The maximum Gasteiger partial charge on any atom is 0.306 e. The molecule has 0 saturated heterocycles. The van der Waals surface area contributed by atoms with Crippen molar-refractivity contribution in [2.24, 2.45) is 11.1 Å². The predicted molar refractivity (Wildman–Crippen MR) is 80.7 cm³/mol. The van der Waals surface area contributed by atoms with E-state index in [-0.39, 0.29) is 23.3 Å². The van der Waals surface area contributed by atoms with Crippen molar-refractivity contribution in [3.63, 3.8) is 0 Å². The Bertz CT molecular complexity index is 567. The number of nitrogens with two attached hydrogens (primary N) is 1. The minimum atomic E-state index is -0.237. The summed E-state index contributed by atoms with van der Waals surface area (Å²) in [5.41, 5.74) is 8.87. The van der Waals surface area contributed by atoms with Crippen LogP contribution in [0.1, 0.15) is 43.9 Å². The summed E-state index contributed by atoms with van der Waals surface area (Å²) in [6.45, 7) is 4.00. The highest BCUT2D eigenvalue weighted by Crippen LogP contribution is 2.34. The molecule has 2 rings (SSSR count). The number of esters is 1. The van der Waals surface area contributed by atoms with Gasteiger partial charge in [-0.25, -0.2) is 0 Å². The summed E-state index contributed by atoms with van der Waals surface area (Å²) in [6.07, 6.45) is 1.41. The normalized spacial score (nSPS) is 15.3. The van der Waals surface area contributed by atoms with E-state index in [1.165, 1.54) is 7.11 Å². The van der Waals surface area contributed by atoms with Crippen LogP contribution in [0.25, 0.3) is 0 Å². The third-order valence-corrected chi connectivity index (χ3v) is 3.81. The second-order valence-electron chi connectivity index (χ2n) is 6.37. The van der Waals surface area contributed by atoms with Gasteiger partial charge in [-0.3, -0.25) is 9.59 Å². The van der Waals surface area contributed by atoms with Gasteiger partial charge in [-0.2, -0.15) is 0 Å². The number of hydrogen-bond donors (Lipinski definition) is 2. The van der Waals surface area contributed by atoms with Crippen molar-refractivity contribution in [2.75, 3.05) is 12.4 Å². The average molecular weight is 290 g/mol. The molecule has 0 aliphatic carbocycles. The largest absolute Gasteiger partial charge is 0.469 e. The van der Waals surface area contributed by atoms with Gasteiger partial charge in [0.25, 0.3) is 0 Å². The van der Waals surface area contributed by atoms with Gasteiger partial charge in [-0.1, -0.05) is 26.0 Å². The van der Waals surface area contributed by atoms with E-state index in [0.29, 0.717) is 19.3 Å². The van der Waals surface area contributed by atoms with E-state index in [2.05, 4.69) is 5.32 Å². The summed E-state index contributed by atoms with van der Waals surface area (Å²) in [5.74, 6) is -0.210. The molecule has 1 unspecified atom stereocenters. The first-order valence-electron chi connectivity index (χ1n) is 7.06. The van der Waals surface area contributed by atoms with E-state index in [4.69, 9.17) is 10.5 Å². The van der Waals surface area contributed by atoms with Gasteiger partial charge >= 0.3 is 5.97 Å². The molecule has 5 nitrogen and oxygen atoms in total. The van der Waals surface area contributed by atoms with Crippen molar-refractivity contribution in [3.05, 3.63) is 29.3 Å². The van der Waals surface area contributed by atoms with Gasteiger partial charge < -0.3 is 15.8 Å². The third kappa shape index (κ3) is 3.82. The zero-order valence-corrected chi connectivity index (χ0v) is 12.7. The number of fused-ring (bicyclic) bond motifs is 1. The fraction of sp³-hybridized carbons (Fsp3) is 0.500. The van der Waals surface area contributed by atoms with E-state index < -0.39 is 0 Å². The van der Waals surface area contributed by atoms with Gasteiger partial charge in [0.2, 0.25) is 5.91 Å².